The summed E-state index contributed by atoms with van der Waals surface area (Å²) >= 11 is 5.76. The zero-order valence-electron chi connectivity index (χ0n) is 10.5. The summed E-state index contributed by atoms with van der Waals surface area (Å²) < 4.78 is 0. The molecule has 2 unspecified atom stereocenters. The third-order valence-corrected chi connectivity index (χ3v) is 3.74. The highest BCUT2D eigenvalue weighted by molar-refractivity contribution is 6.31. The predicted molar refractivity (Wildman–Crippen MR) is 70.4 cm³/mol. The van der Waals surface area contributed by atoms with E-state index in [9.17, 15) is 15.2 Å². The smallest absolute Gasteiger partial charge is 0.348 e. The van der Waals surface area contributed by atoms with Crippen LogP contribution in [0, 0.1) is 10.1 Å². The topological polar surface area (TPSA) is 92.4 Å². The molecule has 2 rings (SSSR count). The van der Waals surface area contributed by atoms with Crippen LogP contribution in [0.15, 0.2) is 6.33 Å². The van der Waals surface area contributed by atoms with E-state index in [1.54, 1.807) is 11.9 Å². The summed E-state index contributed by atoms with van der Waals surface area (Å²) in [7, 11) is 1.69. The van der Waals surface area contributed by atoms with Crippen molar-refractivity contribution in [1.82, 2.24) is 9.97 Å². The van der Waals surface area contributed by atoms with Crippen molar-refractivity contribution in [1.29, 1.82) is 0 Å². The van der Waals surface area contributed by atoms with Crippen LogP contribution in [0.3, 0.4) is 0 Å². The fourth-order valence-corrected chi connectivity index (χ4v) is 2.66. The zero-order chi connectivity index (χ0) is 14.0. The molecule has 7 nitrogen and oxygen atoms in total. The summed E-state index contributed by atoms with van der Waals surface area (Å²) in [5.41, 5.74) is -0.315. The van der Waals surface area contributed by atoms with Crippen molar-refractivity contribution < 1.29 is 10.0 Å². The molecule has 0 spiro atoms. The Bertz CT molecular complexity index is 485. The molecule has 0 saturated heterocycles. The standard InChI is InChI=1S/C11H15ClN4O3/c1-15(7-4-2-3-5-8(7)17)11-9(16(18)19)10(12)13-6-14-11/h6-8,17H,2-5H2,1H3. The number of rotatable bonds is 3. The lowest BCUT2D eigenvalue weighted by molar-refractivity contribution is -0.384. The second-order valence-corrected chi connectivity index (χ2v) is 4.98. The molecular weight excluding hydrogens is 272 g/mol. The number of anilines is 1. The highest BCUT2D eigenvalue weighted by Crippen LogP contribution is 2.34. The van der Waals surface area contributed by atoms with Crippen molar-refractivity contribution in [2.45, 2.75) is 37.8 Å². The molecule has 104 valence electrons. The van der Waals surface area contributed by atoms with Gasteiger partial charge < -0.3 is 10.0 Å². The van der Waals surface area contributed by atoms with Crippen molar-refractivity contribution in [2.24, 2.45) is 0 Å². The maximum absolute atomic E-state index is 11.1. The van der Waals surface area contributed by atoms with Crippen LogP contribution in [0.25, 0.3) is 0 Å². The quantitative estimate of drug-likeness (QED) is 0.517. The molecule has 2 atom stereocenters. The largest absolute Gasteiger partial charge is 0.391 e. The van der Waals surface area contributed by atoms with Gasteiger partial charge in [0.25, 0.3) is 0 Å². The Morgan fingerprint density at radius 3 is 2.79 bits per heavy atom. The minimum absolute atomic E-state index is 0.149. The minimum atomic E-state index is -0.594. The Morgan fingerprint density at radius 1 is 1.47 bits per heavy atom. The number of aromatic nitrogens is 2. The summed E-state index contributed by atoms with van der Waals surface area (Å²) in [6.45, 7) is 0. The summed E-state index contributed by atoms with van der Waals surface area (Å²) in [6, 6.07) is -0.182. The molecule has 0 bridgehead atoms. The number of aliphatic hydroxyl groups is 1. The molecule has 1 saturated carbocycles. The van der Waals surface area contributed by atoms with Crippen LogP contribution in [-0.2, 0) is 0 Å². The second kappa shape index (κ2) is 5.66. The summed E-state index contributed by atoms with van der Waals surface area (Å²) in [6.07, 6.45) is 4.11. The number of likely N-dealkylation sites (N-methyl/N-ethyl adjacent to an activating group) is 1. The van der Waals surface area contributed by atoms with Gasteiger partial charge in [0.1, 0.15) is 6.33 Å². The lowest BCUT2D eigenvalue weighted by Gasteiger charge is -2.35. The zero-order valence-corrected chi connectivity index (χ0v) is 11.2. The Morgan fingerprint density at radius 2 is 2.16 bits per heavy atom. The van der Waals surface area contributed by atoms with Crippen LogP contribution in [0.1, 0.15) is 25.7 Å². The minimum Gasteiger partial charge on any atom is -0.391 e. The van der Waals surface area contributed by atoms with Gasteiger partial charge in [-0.05, 0) is 12.8 Å². The number of aliphatic hydroxyl groups excluding tert-OH is 1. The van der Waals surface area contributed by atoms with E-state index < -0.39 is 11.0 Å². The van der Waals surface area contributed by atoms with Gasteiger partial charge in [0, 0.05) is 7.05 Å². The van der Waals surface area contributed by atoms with E-state index in [0.29, 0.717) is 6.42 Å². The number of hydrogen-bond acceptors (Lipinski definition) is 6. The number of hydrogen-bond donors (Lipinski definition) is 1. The lowest BCUT2D eigenvalue weighted by atomic mass is 9.91. The first-order valence-corrected chi connectivity index (χ1v) is 6.46. The van der Waals surface area contributed by atoms with E-state index in [0.717, 1.165) is 19.3 Å². The van der Waals surface area contributed by atoms with Gasteiger partial charge in [-0.2, -0.15) is 0 Å². The van der Waals surface area contributed by atoms with E-state index in [-0.39, 0.29) is 22.7 Å². The van der Waals surface area contributed by atoms with Crippen molar-refractivity contribution in [2.75, 3.05) is 11.9 Å². The second-order valence-electron chi connectivity index (χ2n) is 4.62. The summed E-state index contributed by atoms with van der Waals surface area (Å²) in [5, 5.41) is 20.9. The molecule has 0 radical (unpaired) electrons. The monoisotopic (exact) mass is 286 g/mol. The van der Waals surface area contributed by atoms with Crippen LogP contribution in [-0.4, -0.2) is 39.2 Å². The lowest BCUT2D eigenvalue weighted by Crippen LogP contribution is -2.44. The van der Waals surface area contributed by atoms with E-state index in [2.05, 4.69) is 9.97 Å². The molecule has 0 aromatic carbocycles. The third-order valence-electron chi connectivity index (χ3n) is 3.47. The first kappa shape index (κ1) is 14.0. The number of nitro groups is 1. The van der Waals surface area contributed by atoms with Gasteiger partial charge in [-0.25, -0.2) is 9.97 Å². The van der Waals surface area contributed by atoms with Gasteiger partial charge in [-0.15, -0.1) is 0 Å². The van der Waals surface area contributed by atoms with Crippen LogP contribution in [0.2, 0.25) is 5.15 Å². The fraction of sp³-hybridized carbons (Fsp3) is 0.636. The Kier molecular flexibility index (Phi) is 4.16. The molecule has 1 heterocycles. The van der Waals surface area contributed by atoms with Crippen LogP contribution < -0.4 is 4.90 Å². The third kappa shape index (κ3) is 2.76. The van der Waals surface area contributed by atoms with Gasteiger partial charge in [0.05, 0.1) is 17.1 Å². The maximum atomic E-state index is 11.1. The van der Waals surface area contributed by atoms with Crippen molar-refractivity contribution in [3.05, 3.63) is 21.6 Å². The highest BCUT2D eigenvalue weighted by Gasteiger charge is 2.32. The number of nitrogens with zero attached hydrogens (tertiary/aromatic N) is 4. The predicted octanol–water partition coefficient (Wildman–Crippen LogP) is 1.78. The number of halogens is 1. The Hall–Kier alpha value is -1.47. The average molecular weight is 287 g/mol. The van der Waals surface area contributed by atoms with Gasteiger partial charge in [-0.1, -0.05) is 24.4 Å². The Labute approximate surface area is 115 Å². The SMILES string of the molecule is CN(c1ncnc(Cl)c1[N+](=O)[O-])C1CCCCC1O. The molecule has 1 aliphatic rings. The van der Waals surface area contributed by atoms with Crippen LogP contribution in [0.5, 0.6) is 0 Å². The molecular formula is C11H15ClN4O3. The molecule has 1 aromatic heterocycles. The molecule has 0 amide bonds. The van der Waals surface area contributed by atoms with Crippen molar-refractivity contribution >= 4 is 23.1 Å². The molecule has 0 aliphatic heterocycles. The average Bonchev–Trinajstić information content (AvgIpc) is 2.37. The van der Waals surface area contributed by atoms with E-state index in [1.165, 1.54) is 6.33 Å². The molecule has 1 fully saturated rings. The van der Waals surface area contributed by atoms with Crippen LogP contribution >= 0.6 is 11.6 Å². The van der Waals surface area contributed by atoms with Crippen molar-refractivity contribution in [3.8, 4) is 0 Å². The van der Waals surface area contributed by atoms with Gasteiger partial charge in [-0.3, -0.25) is 10.1 Å². The molecule has 1 N–H and O–H groups in total. The molecule has 1 aromatic rings. The summed E-state index contributed by atoms with van der Waals surface area (Å²) in [4.78, 5) is 19.7. The molecule has 19 heavy (non-hydrogen) atoms. The summed E-state index contributed by atoms with van der Waals surface area (Å²) in [5.74, 6) is 0.149. The van der Waals surface area contributed by atoms with Crippen LogP contribution in [0.4, 0.5) is 11.5 Å². The molecule has 1 aliphatic carbocycles. The fourth-order valence-electron chi connectivity index (χ4n) is 2.46. The normalized spacial score (nSPS) is 23.1. The maximum Gasteiger partial charge on any atom is 0.348 e. The Balaban J connectivity index is 2.35. The molecule has 8 heteroatoms. The van der Waals surface area contributed by atoms with Gasteiger partial charge >= 0.3 is 5.69 Å². The van der Waals surface area contributed by atoms with Gasteiger partial charge in [0.2, 0.25) is 11.0 Å². The van der Waals surface area contributed by atoms with E-state index in [4.69, 9.17) is 11.6 Å². The van der Waals surface area contributed by atoms with Crippen molar-refractivity contribution in [3.63, 3.8) is 0 Å². The van der Waals surface area contributed by atoms with E-state index >= 15 is 0 Å². The first-order valence-electron chi connectivity index (χ1n) is 6.08. The first-order chi connectivity index (χ1) is 9.02. The highest BCUT2D eigenvalue weighted by atomic mass is 35.5. The van der Waals surface area contributed by atoms with E-state index in [1.807, 2.05) is 0 Å². The van der Waals surface area contributed by atoms with Gasteiger partial charge in [0.15, 0.2) is 0 Å².